The molecular formula is C25H23N2+. The molecule has 0 spiro atoms. The molecule has 2 nitrogen and oxygen atoms in total. The highest BCUT2D eigenvalue weighted by Crippen LogP contribution is 2.28. The molecule has 0 saturated carbocycles. The lowest BCUT2D eigenvalue weighted by Gasteiger charge is -2.16. The van der Waals surface area contributed by atoms with Gasteiger partial charge in [-0.05, 0) is 35.4 Å². The fourth-order valence-corrected chi connectivity index (χ4v) is 3.45. The molecule has 0 aliphatic carbocycles. The Morgan fingerprint density at radius 3 is 1.22 bits per heavy atom. The highest BCUT2D eigenvalue weighted by Gasteiger charge is 2.24. The van der Waals surface area contributed by atoms with Crippen LogP contribution in [0.2, 0.25) is 0 Å². The van der Waals surface area contributed by atoms with Crippen LogP contribution in [-0.4, -0.2) is 14.1 Å². The molecule has 0 bridgehead atoms. The van der Waals surface area contributed by atoms with Crippen LogP contribution in [0.1, 0.15) is 0 Å². The highest BCUT2D eigenvalue weighted by atomic mass is 15.5. The monoisotopic (exact) mass is 351 g/mol. The lowest BCUT2D eigenvalue weighted by Crippen LogP contribution is -2.55. The van der Waals surface area contributed by atoms with Gasteiger partial charge in [0.1, 0.15) is 0 Å². The van der Waals surface area contributed by atoms with Gasteiger partial charge in [-0.25, -0.2) is 0 Å². The number of hydrogen-bond acceptors (Lipinski definition) is 1. The number of nitrogens with zero attached hydrogens (tertiary/aromatic N) is 2. The van der Waals surface area contributed by atoms with E-state index in [0.29, 0.717) is 0 Å². The van der Waals surface area contributed by atoms with Crippen LogP contribution in [0.25, 0.3) is 33.6 Å². The van der Waals surface area contributed by atoms with Gasteiger partial charge in [0.2, 0.25) is 11.4 Å². The minimum atomic E-state index is 1.17. The van der Waals surface area contributed by atoms with Crippen molar-refractivity contribution < 1.29 is 4.68 Å². The van der Waals surface area contributed by atoms with Gasteiger partial charge < -0.3 is 0 Å². The molecule has 2 heteroatoms. The first-order chi connectivity index (χ1) is 13.2. The first kappa shape index (κ1) is 17.0. The van der Waals surface area contributed by atoms with Crippen molar-refractivity contribution in [3.63, 3.8) is 0 Å². The minimum absolute atomic E-state index is 1.17. The molecule has 0 saturated heterocycles. The van der Waals surface area contributed by atoms with Crippen LogP contribution >= 0.6 is 0 Å². The van der Waals surface area contributed by atoms with E-state index in [4.69, 9.17) is 0 Å². The Kier molecular flexibility index (Phi) is 4.71. The van der Waals surface area contributed by atoms with Crippen LogP contribution in [0.15, 0.2) is 103 Å². The van der Waals surface area contributed by atoms with E-state index in [1.807, 2.05) is 0 Å². The van der Waals surface area contributed by atoms with Gasteiger partial charge in [0.25, 0.3) is 0 Å². The van der Waals surface area contributed by atoms with Gasteiger partial charge in [0.05, 0.1) is 14.1 Å². The molecule has 1 heterocycles. The summed E-state index contributed by atoms with van der Waals surface area (Å²) in [6.07, 6.45) is 0. The second-order valence-electron chi connectivity index (χ2n) is 6.77. The summed E-state index contributed by atoms with van der Waals surface area (Å²) in [4.78, 5) is 0. The van der Waals surface area contributed by atoms with Crippen LogP contribution < -0.4 is 9.69 Å². The Balaban J connectivity index is 2.05. The molecule has 4 aromatic rings. The van der Waals surface area contributed by atoms with Gasteiger partial charge >= 0.3 is 0 Å². The molecule has 27 heavy (non-hydrogen) atoms. The molecule has 0 radical (unpaired) electrons. The third kappa shape index (κ3) is 3.47. The number of rotatable bonds is 4. The highest BCUT2D eigenvalue weighted by molar-refractivity contribution is 5.73. The maximum atomic E-state index is 2.27. The predicted molar refractivity (Wildman–Crippen MR) is 113 cm³/mol. The molecule has 3 aromatic carbocycles. The van der Waals surface area contributed by atoms with E-state index in [1.165, 1.54) is 33.6 Å². The summed E-state index contributed by atoms with van der Waals surface area (Å²) in [7, 11) is 4.17. The first-order valence-electron chi connectivity index (χ1n) is 9.18. The lowest BCUT2D eigenvalue weighted by atomic mass is 9.99. The van der Waals surface area contributed by atoms with Crippen molar-refractivity contribution in [1.29, 1.82) is 0 Å². The molecule has 0 aliphatic heterocycles. The van der Waals surface area contributed by atoms with Gasteiger partial charge in [0, 0.05) is 23.3 Å². The van der Waals surface area contributed by atoms with Crippen molar-refractivity contribution in [1.82, 2.24) is 0 Å². The zero-order valence-electron chi connectivity index (χ0n) is 15.7. The Hall–Kier alpha value is -3.39. The summed E-state index contributed by atoms with van der Waals surface area (Å²) in [5, 5.41) is 2.14. The average molecular weight is 351 g/mol. The molecule has 0 atom stereocenters. The van der Waals surface area contributed by atoms with Crippen LogP contribution in [-0.2, 0) is 0 Å². The number of aromatic nitrogens is 1. The van der Waals surface area contributed by atoms with Crippen molar-refractivity contribution in [2.45, 2.75) is 0 Å². The van der Waals surface area contributed by atoms with E-state index in [-0.39, 0.29) is 0 Å². The number of benzene rings is 3. The van der Waals surface area contributed by atoms with E-state index in [0.717, 1.165) is 0 Å². The summed E-state index contributed by atoms with van der Waals surface area (Å²) in [5.41, 5.74) is 7.16. The minimum Gasteiger partial charge on any atom is -0.186 e. The molecule has 0 amide bonds. The summed E-state index contributed by atoms with van der Waals surface area (Å²) in [6.45, 7) is 0. The van der Waals surface area contributed by atoms with Crippen molar-refractivity contribution >= 4 is 0 Å². The molecule has 0 aliphatic rings. The molecular weight excluding hydrogens is 328 g/mol. The molecule has 1 aromatic heterocycles. The van der Waals surface area contributed by atoms with Crippen molar-refractivity contribution in [2.75, 3.05) is 19.1 Å². The topological polar surface area (TPSA) is 7.12 Å². The Morgan fingerprint density at radius 2 is 0.852 bits per heavy atom. The smallest absolute Gasteiger partial charge is 0.186 e. The zero-order chi connectivity index (χ0) is 18.6. The Morgan fingerprint density at radius 1 is 0.481 bits per heavy atom. The molecule has 0 unspecified atom stereocenters. The van der Waals surface area contributed by atoms with Crippen molar-refractivity contribution in [3.05, 3.63) is 103 Å². The second kappa shape index (κ2) is 7.46. The SMILES string of the molecule is CN(C)[n+]1c(-c2ccccc2)cc(-c2ccccc2)cc1-c1ccccc1. The maximum absolute atomic E-state index is 2.27. The van der Waals surface area contributed by atoms with Gasteiger partial charge in [-0.1, -0.05) is 71.4 Å². The summed E-state index contributed by atoms with van der Waals surface area (Å²) < 4.78 is 2.27. The standard InChI is InChI=1S/C25H23N2/c1-26(2)27-24(21-14-8-4-9-15-21)18-23(20-12-6-3-7-13-20)19-25(27)22-16-10-5-11-17-22/h3-19H,1-2H3/q+1. The van der Waals surface area contributed by atoms with Gasteiger partial charge in [0.15, 0.2) is 0 Å². The van der Waals surface area contributed by atoms with E-state index in [9.17, 15) is 0 Å². The van der Waals surface area contributed by atoms with Gasteiger partial charge in [-0.2, -0.15) is 5.01 Å². The molecule has 132 valence electrons. The fourth-order valence-electron chi connectivity index (χ4n) is 3.45. The fraction of sp³-hybridized carbons (Fsp3) is 0.0800. The van der Waals surface area contributed by atoms with E-state index >= 15 is 0 Å². The number of hydrogen-bond donors (Lipinski definition) is 0. The molecule has 4 rings (SSSR count). The van der Waals surface area contributed by atoms with Gasteiger partial charge in [-0.15, -0.1) is 0 Å². The van der Waals surface area contributed by atoms with E-state index < -0.39 is 0 Å². The van der Waals surface area contributed by atoms with Gasteiger partial charge in [-0.3, -0.25) is 0 Å². The zero-order valence-corrected chi connectivity index (χ0v) is 15.7. The summed E-state index contributed by atoms with van der Waals surface area (Å²) in [5.74, 6) is 0. The van der Waals surface area contributed by atoms with Crippen LogP contribution in [0.5, 0.6) is 0 Å². The summed E-state index contributed by atoms with van der Waals surface area (Å²) >= 11 is 0. The second-order valence-corrected chi connectivity index (χ2v) is 6.77. The third-order valence-electron chi connectivity index (χ3n) is 4.69. The van der Waals surface area contributed by atoms with Crippen LogP contribution in [0.4, 0.5) is 0 Å². The summed E-state index contributed by atoms with van der Waals surface area (Å²) in [6, 6.07) is 36.3. The van der Waals surface area contributed by atoms with Crippen molar-refractivity contribution in [3.8, 4) is 33.6 Å². The van der Waals surface area contributed by atoms with E-state index in [1.54, 1.807) is 0 Å². The number of pyridine rings is 1. The Labute approximate surface area is 160 Å². The van der Waals surface area contributed by atoms with Crippen LogP contribution in [0.3, 0.4) is 0 Å². The lowest BCUT2D eigenvalue weighted by molar-refractivity contribution is -0.665. The molecule has 0 N–H and O–H groups in total. The average Bonchev–Trinajstić information content (AvgIpc) is 2.74. The first-order valence-corrected chi connectivity index (χ1v) is 9.18. The largest absolute Gasteiger partial charge is 0.243 e. The van der Waals surface area contributed by atoms with E-state index in [2.05, 4.69) is 127 Å². The quantitative estimate of drug-likeness (QED) is 0.460. The normalized spacial score (nSPS) is 10.6. The molecule has 0 fully saturated rings. The van der Waals surface area contributed by atoms with Crippen molar-refractivity contribution in [2.24, 2.45) is 0 Å². The maximum Gasteiger partial charge on any atom is 0.243 e. The third-order valence-corrected chi connectivity index (χ3v) is 4.69. The van der Waals surface area contributed by atoms with Crippen LogP contribution in [0, 0.1) is 0 Å². The predicted octanol–water partition coefficient (Wildman–Crippen LogP) is 5.17. The Bertz CT molecular complexity index is 963.